The topological polar surface area (TPSA) is 20.3 Å². The van der Waals surface area contributed by atoms with Gasteiger partial charge in [0.25, 0.3) is 5.52 Å². The molecule has 116 valence electrons. The number of fused-ring (bicyclic) bond motifs is 2. The predicted molar refractivity (Wildman–Crippen MR) is 94.4 cm³/mol. The molecule has 0 N–H and O–H groups in total. The molecule has 1 aromatic heterocycles. The average Bonchev–Trinajstić information content (AvgIpc) is 3.13. The van der Waals surface area contributed by atoms with Crippen LogP contribution in [0.15, 0.2) is 46.9 Å². The Morgan fingerprint density at radius 2 is 2.04 bits per heavy atom. The van der Waals surface area contributed by atoms with Crippen molar-refractivity contribution in [3.8, 4) is 0 Å². The van der Waals surface area contributed by atoms with Gasteiger partial charge in [-0.25, -0.2) is 0 Å². The Bertz CT molecular complexity index is 892. The van der Waals surface area contributed by atoms with E-state index in [9.17, 15) is 0 Å². The predicted octanol–water partition coefficient (Wildman–Crippen LogP) is 3.90. The fourth-order valence-electron chi connectivity index (χ4n) is 3.36. The van der Waals surface area contributed by atoms with Gasteiger partial charge in [0.15, 0.2) is 0 Å². The lowest BCUT2D eigenvalue weighted by atomic mass is 10.1. The van der Waals surface area contributed by atoms with Gasteiger partial charge in [0, 0.05) is 25.3 Å². The van der Waals surface area contributed by atoms with Crippen molar-refractivity contribution < 1.29 is 8.98 Å². The van der Waals surface area contributed by atoms with E-state index in [1.54, 1.807) is 0 Å². The molecule has 0 radical (unpaired) electrons. The summed E-state index contributed by atoms with van der Waals surface area (Å²) in [7, 11) is 2.15. The summed E-state index contributed by atoms with van der Waals surface area (Å²) in [5, 5.41) is 0. The molecule has 2 aromatic carbocycles. The van der Waals surface area contributed by atoms with Crippen LogP contribution in [0.2, 0.25) is 0 Å². The van der Waals surface area contributed by atoms with E-state index in [0.29, 0.717) is 0 Å². The standard InChI is InChI=1S/C20H21N2O/c1-3-22-18-6-4-5-7-19(18)23-20(22)11-9-15-8-10-17-16(14-15)12-13-21(17)2/h4-11,14H,3,12-13H2,1-2H3/q+1. The van der Waals surface area contributed by atoms with Gasteiger partial charge in [-0.3, -0.25) is 0 Å². The van der Waals surface area contributed by atoms with E-state index in [4.69, 9.17) is 4.42 Å². The van der Waals surface area contributed by atoms with Crippen LogP contribution in [0.3, 0.4) is 0 Å². The second kappa shape index (κ2) is 5.58. The largest absolute Gasteiger partial charge is 0.398 e. The number of likely N-dealkylation sites (N-methyl/N-ethyl adjacent to an activating group) is 1. The summed E-state index contributed by atoms with van der Waals surface area (Å²) in [5.74, 6) is 0.895. The lowest BCUT2D eigenvalue weighted by Crippen LogP contribution is -2.33. The maximum absolute atomic E-state index is 5.99. The summed E-state index contributed by atoms with van der Waals surface area (Å²) in [6, 6.07) is 14.9. The molecule has 3 nitrogen and oxygen atoms in total. The molecule has 0 saturated carbocycles. The van der Waals surface area contributed by atoms with E-state index < -0.39 is 0 Å². The molecular formula is C20H21N2O+. The fraction of sp³-hybridized carbons (Fsp3) is 0.250. The molecule has 0 spiro atoms. The fourth-order valence-corrected chi connectivity index (χ4v) is 3.36. The smallest absolute Gasteiger partial charge is 0.374 e. The maximum atomic E-state index is 5.99. The van der Waals surface area contributed by atoms with Gasteiger partial charge in [0.1, 0.15) is 6.54 Å². The molecule has 0 fully saturated rings. The summed E-state index contributed by atoms with van der Waals surface area (Å²) < 4.78 is 8.19. The Balaban J connectivity index is 1.69. The van der Waals surface area contributed by atoms with Crippen LogP contribution in [0.1, 0.15) is 23.9 Å². The van der Waals surface area contributed by atoms with Crippen molar-refractivity contribution in [2.75, 3.05) is 18.5 Å². The van der Waals surface area contributed by atoms with Crippen LogP contribution >= 0.6 is 0 Å². The van der Waals surface area contributed by atoms with Crippen LogP contribution in [0.5, 0.6) is 0 Å². The van der Waals surface area contributed by atoms with Gasteiger partial charge in [-0.2, -0.15) is 4.57 Å². The summed E-state index contributed by atoms with van der Waals surface area (Å²) >= 11 is 0. The van der Waals surface area contributed by atoms with Crippen molar-refractivity contribution in [2.24, 2.45) is 0 Å². The number of aryl methyl sites for hydroxylation is 1. The van der Waals surface area contributed by atoms with Crippen LogP contribution in [0.25, 0.3) is 23.3 Å². The van der Waals surface area contributed by atoms with Crippen molar-refractivity contribution in [1.29, 1.82) is 0 Å². The van der Waals surface area contributed by atoms with Crippen molar-refractivity contribution in [1.82, 2.24) is 0 Å². The van der Waals surface area contributed by atoms with Crippen LogP contribution in [-0.2, 0) is 13.0 Å². The number of oxazole rings is 1. The first kappa shape index (κ1) is 14.1. The molecule has 3 heteroatoms. The Labute approximate surface area is 136 Å². The number of para-hydroxylation sites is 2. The quantitative estimate of drug-likeness (QED) is 0.684. The third-order valence-electron chi connectivity index (χ3n) is 4.60. The molecule has 3 aromatic rings. The minimum absolute atomic E-state index is 0.895. The van der Waals surface area contributed by atoms with E-state index in [2.05, 4.69) is 65.9 Å². The minimum atomic E-state index is 0.895. The van der Waals surface area contributed by atoms with E-state index in [-0.39, 0.29) is 0 Å². The van der Waals surface area contributed by atoms with E-state index in [0.717, 1.165) is 36.5 Å². The lowest BCUT2D eigenvalue weighted by Gasteiger charge is -2.11. The molecule has 0 aliphatic carbocycles. The summed E-state index contributed by atoms with van der Waals surface area (Å²) in [4.78, 5) is 2.31. The second-order valence-corrected chi connectivity index (χ2v) is 6.05. The van der Waals surface area contributed by atoms with Crippen LogP contribution in [0, 0.1) is 0 Å². The van der Waals surface area contributed by atoms with Gasteiger partial charge in [0.05, 0.1) is 6.08 Å². The molecule has 0 atom stereocenters. The zero-order valence-corrected chi connectivity index (χ0v) is 13.6. The van der Waals surface area contributed by atoms with Crippen molar-refractivity contribution >= 4 is 28.9 Å². The molecule has 4 rings (SSSR count). The van der Waals surface area contributed by atoms with Gasteiger partial charge < -0.3 is 9.32 Å². The SMILES string of the molecule is CC[n+]1c(/C=C/c2ccc3c(c2)CCN3C)oc2ccccc21. The average molecular weight is 305 g/mol. The minimum Gasteiger partial charge on any atom is -0.398 e. The highest BCUT2D eigenvalue weighted by Gasteiger charge is 2.18. The summed E-state index contributed by atoms with van der Waals surface area (Å²) in [6.07, 6.45) is 5.35. The van der Waals surface area contributed by atoms with E-state index in [1.165, 1.54) is 16.8 Å². The molecule has 1 aliphatic heterocycles. The molecule has 0 saturated heterocycles. The van der Waals surface area contributed by atoms with E-state index >= 15 is 0 Å². The summed E-state index contributed by atoms with van der Waals surface area (Å²) in [5.41, 5.74) is 6.09. The summed E-state index contributed by atoms with van der Waals surface area (Å²) in [6.45, 7) is 4.15. The van der Waals surface area contributed by atoms with Crippen molar-refractivity contribution in [3.63, 3.8) is 0 Å². The van der Waals surface area contributed by atoms with Crippen LogP contribution < -0.4 is 9.47 Å². The van der Waals surface area contributed by atoms with Gasteiger partial charge in [-0.15, -0.1) is 0 Å². The number of nitrogens with zero attached hydrogens (tertiary/aromatic N) is 2. The van der Waals surface area contributed by atoms with Gasteiger partial charge in [0.2, 0.25) is 5.58 Å². The van der Waals surface area contributed by atoms with Crippen LogP contribution in [-0.4, -0.2) is 13.6 Å². The highest BCUT2D eigenvalue weighted by atomic mass is 16.3. The zero-order valence-electron chi connectivity index (χ0n) is 13.6. The molecule has 0 bridgehead atoms. The van der Waals surface area contributed by atoms with Gasteiger partial charge >= 0.3 is 5.89 Å². The number of hydrogen-bond acceptors (Lipinski definition) is 2. The highest BCUT2D eigenvalue weighted by molar-refractivity contribution is 5.73. The molecule has 23 heavy (non-hydrogen) atoms. The Kier molecular flexibility index (Phi) is 3.41. The Morgan fingerprint density at radius 3 is 2.91 bits per heavy atom. The van der Waals surface area contributed by atoms with E-state index in [1.807, 2.05) is 12.1 Å². The number of anilines is 1. The monoisotopic (exact) mass is 305 g/mol. The zero-order chi connectivity index (χ0) is 15.8. The molecule has 2 heterocycles. The molecule has 1 aliphatic rings. The lowest BCUT2D eigenvalue weighted by molar-refractivity contribution is -0.674. The number of benzene rings is 2. The molecule has 0 unspecified atom stereocenters. The molecular weight excluding hydrogens is 284 g/mol. The second-order valence-electron chi connectivity index (χ2n) is 6.05. The normalized spacial score (nSPS) is 14.1. The first-order valence-corrected chi connectivity index (χ1v) is 8.20. The maximum Gasteiger partial charge on any atom is 0.374 e. The third-order valence-corrected chi connectivity index (χ3v) is 4.60. The first-order valence-electron chi connectivity index (χ1n) is 8.20. The number of aromatic nitrogens is 1. The molecule has 0 amide bonds. The Morgan fingerprint density at radius 1 is 1.17 bits per heavy atom. The van der Waals surface area contributed by atoms with Crippen molar-refractivity contribution in [2.45, 2.75) is 19.9 Å². The Hall–Kier alpha value is -2.55. The number of hydrogen-bond donors (Lipinski definition) is 0. The highest BCUT2D eigenvalue weighted by Crippen LogP contribution is 2.28. The van der Waals surface area contributed by atoms with Gasteiger partial charge in [-0.1, -0.05) is 18.2 Å². The van der Waals surface area contributed by atoms with Gasteiger partial charge in [-0.05, 0) is 48.7 Å². The number of rotatable bonds is 3. The van der Waals surface area contributed by atoms with Crippen LogP contribution in [0.4, 0.5) is 5.69 Å². The first-order chi connectivity index (χ1) is 11.3. The van der Waals surface area contributed by atoms with Crippen molar-refractivity contribution in [3.05, 3.63) is 59.5 Å². The third kappa shape index (κ3) is 2.42.